The minimum Gasteiger partial charge on any atom is -0.341 e. The second-order valence-corrected chi connectivity index (χ2v) is 8.75. The van der Waals surface area contributed by atoms with E-state index >= 15 is 0 Å². The second-order valence-electron chi connectivity index (χ2n) is 6.35. The van der Waals surface area contributed by atoms with E-state index in [1.165, 1.54) is 23.1 Å². The SMILES string of the molecule is C=C(Cl)CSc1nnc([C@H](Cc2ccccc2)NC(=O)c2sccc2C)n1C. The zero-order chi connectivity index (χ0) is 20.1. The van der Waals surface area contributed by atoms with Gasteiger partial charge in [-0.2, -0.15) is 0 Å². The number of nitrogens with one attached hydrogen (secondary N) is 1. The first-order valence-electron chi connectivity index (χ1n) is 8.70. The van der Waals surface area contributed by atoms with E-state index in [9.17, 15) is 4.79 Å². The Kier molecular flexibility index (Phi) is 6.93. The molecule has 0 saturated carbocycles. The number of hydrogen-bond acceptors (Lipinski definition) is 5. The van der Waals surface area contributed by atoms with E-state index < -0.39 is 0 Å². The summed E-state index contributed by atoms with van der Waals surface area (Å²) in [5.41, 5.74) is 2.08. The average Bonchev–Trinajstić information content (AvgIpc) is 3.26. The van der Waals surface area contributed by atoms with E-state index in [0.29, 0.717) is 27.9 Å². The van der Waals surface area contributed by atoms with Gasteiger partial charge in [0, 0.05) is 17.8 Å². The van der Waals surface area contributed by atoms with Crippen LogP contribution in [0.25, 0.3) is 0 Å². The molecule has 1 amide bonds. The Bertz CT molecular complexity index is 968. The fourth-order valence-corrected chi connectivity index (χ4v) is 4.45. The lowest BCUT2D eigenvalue weighted by Crippen LogP contribution is -2.31. The molecule has 0 aliphatic carbocycles. The fraction of sp³-hybridized carbons (Fsp3) is 0.250. The van der Waals surface area contributed by atoms with E-state index in [2.05, 4.69) is 22.1 Å². The number of benzene rings is 1. The number of halogens is 1. The van der Waals surface area contributed by atoms with Crippen molar-refractivity contribution in [2.45, 2.75) is 24.5 Å². The first-order chi connectivity index (χ1) is 13.5. The monoisotopic (exact) mass is 432 g/mol. The first kappa shape index (κ1) is 20.6. The molecular formula is C20H21ClN4OS2. The van der Waals surface area contributed by atoms with Gasteiger partial charge in [0.15, 0.2) is 11.0 Å². The van der Waals surface area contributed by atoms with Crippen molar-refractivity contribution in [1.29, 1.82) is 0 Å². The molecule has 0 unspecified atom stereocenters. The standard InChI is InChI=1S/C20H21ClN4OS2/c1-13-9-10-27-17(13)19(26)22-16(11-15-7-5-4-6-8-15)18-23-24-20(25(18)3)28-12-14(2)21/h4-10,16H,2,11-12H2,1,3H3,(H,22,26)/t16-/m0/s1. The number of thiophene rings is 1. The Morgan fingerprint density at radius 1 is 1.32 bits per heavy atom. The van der Waals surface area contributed by atoms with Gasteiger partial charge in [-0.3, -0.25) is 4.79 Å². The van der Waals surface area contributed by atoms with Crippen LogP contribution in [-0.4, -0.2) is 26.4 Å². The summed E-state index contributed by atoms with van der Waals surface area (Å²) in [6, 6.07) is 11.7. The highest BCUT2D eigenvalue weighted by Gasteiger charge is 2.24. The predicted octanol–water partition coefficient (Wildman–Crippen LogP) is 4.74. The number of nitrogens with zero attached hydrogens (tertiary/aromatic N) is 3. The van der Waals surface area contributed by atoms with Gasteiger partial charge in [-0.05, 0) is 35.9 Å². The minimum absolute atomic E-state index is 0.0974. The van der Waals surface area contributed by atoms with Gasteiger partial charge in [0.2, 0.25) is 0 Å². The Morgan fingerprint density at radius 2 is 2.07 bits per heavy atom. The van der Waals surface area contributed by atoms with Crippen LogP contribution in [0.3, 0.4) is 0 Å². The van der Waals surface area contributed by atoms with Crippen molar-refractivity contribution in [3.8, 4) is 0 Å². The second kappa shape index (κ2) is 9.41. The highest BCUT2D eigenvalue weighted by atomic mass is 35.5. The third-order valence-electron chi connectivity index (χ3n) is 4.19. The highest BCUT2D eigenvalue weighted by molar-refractivity contribution is 7.99. The number of rotatable bonds is 8. The van der Waals surface area contributed by atoms with Crippen molar-refractivity contribution < 1.29 is 4.79 Å². The fourth-order valence-electron chi connectivity index (χ4n) is 2.78. The average molecular weight is 433 g/mol. The van der Waals surface area contributed by atoms with E-state index in [4.69, 9.17) is 11.6 Å². The number of aromatic nitrogens is 3. The van der Waals surface area contributed by atoms with Gasteiger partial charge in [-0.15, -0.1) is 21.5 Å². The van der Waals surface area contributed by atoms with Crippen molar-refractivity contribution in [3.05, 3.63) is 75.2 Å². The van der Waals surface area contributed by atoms with Gasteiger partial charge in [0.25, 0.3) is 5.91 Å². The van der Waals surface area contributed by atoms with Crippen molar-refractivity contribution in [2.75, 3.05) is 5.75 Å². The van der Waals surface area contributed by atoms with Crippen LogP contribution < -0.4 is 5.32 Å². The van der Waals surface area contributed by atoms with Crippen LogP contribution in [0.1, 0.15) is 32.7 Å². The molecule has 0 aliphatic heterocycles. The topological polar surface area (TPSA) is 59.8 Å². The number of hydrogen-bond donors (Lipinski definition) is 1. The summed E-state index contributed by atoms with van der Waals surface area (Å²) in [7, 11) is 1.90. The summed E-state index contributed by atoms with van der Waals surface area (Å²) in [4.78, 5) is 13.6. The Hall–Kier alpha value is -2.09. The van der Waals surface area contributed by atoms with Crippen LogP contribution in [0, 0.1) is 6.92 Å². The van der Waals surface area contributed by atoms with Crippen LogP contribution in [0.15, 0.2) is 58.5 Å². The normalized spacial score (nSPS) is 12.0. The van der Waals surface area contributed by atoms with Gasteiger partial charge >= 0.3 is 0 Å². The summed E-state index contributed by atoms with van der Waals surface area (Å²) in [5.74, 6) is 1.16. The number of carbonyl (C=O) groups excluding carboxylic acids is 1. The van der Waals surface area contributed by atoms with Crippen LogP contribution in [0.5, 0.6) is 0 Å². The van der Waals surface area contributed by atoms with E-state index in [1.54, 1.807) is 0 Å². The third-order valence-corrected chi connectivity index (χ3v) is 6.61. The van der Waals surface area contributed by atoms with Crippen LogP contribution >= 0.6 is 34.7 Å². The summed E-state index contributed by atoms with van der Waals surface area (Å²) in [6.07, 6.45) is 0.621. The molecule has 0 spiro atoms. The third kappa shape index (κ3) is 5.04. The Morgan fingerprint density at radius 3 is 2.71 bits per heavy atom. The number of thioether (sulfide) groups is 1. The Balaban J connectivity index is 1.87. The molecule has 0 bridgehead atoms. The molecule has 2 heterocycles. The van der Waals surface area contributed by atoms with Crippen LogP contribution in [-0.2, 0) is 13.5 Å². The number of amides is 1. The molecule has 0 radical (unpaired) electrons. The van der Waals surface area contributed by atoms with Gasteiger partial charge in [-0.25, -0.2) is 0 Å². The molecule has 146 valence electrons. The summed E-state index contributed by atoms with van der Waals surface area (Å²) in [6.45, 7) is 5.64. The molecule has 1 N–H and O–H groups in total. The van der Waals surface area contributed by atoms with Crippen LogP contribution in [0.2, 0.25) is 0 Å². The molecule has 1 atom stereocenters. The van der Waals surface area contributed by atoms with E-state index in [1.807, 2.05) is 60.3 Å². The molecule has 1 aromatic carbocycles. The smallest absolute Gasteiger partial charge is 0.262 e. The molecule has 5 nitrogen and oxygen atoms in total. The zero-order valence-corrected chi connectivity index (χ0v) is 18.1. The molecular weight excluding hydrogens is 412 g/mol. The maximum absolute atomic E-state index is 12.8. The quantitative estimate of drug-likeness (QED) is 0.522. The van der Waals surface area contributed by atoms with Gasteiger partial charge in [0.05, 0.1) is 10.9 Å². The molecule has 3 aromatic rings. The molecule has 28 heavy (non-hydrogen) atoms. The molecule has 2 aromatic heterocycles. The molecule has 0 saturated heterocycles. The number of aryl methyl sites for hydroxylation is 1. The van der Waals surface area contributed by atoms with Crippen molar-refractivity contribution in [2.24, 2.45) is 7.05 Å². The summed E-state index contributed by atoms with van der Waals surface area (Å²) < 4.78 is 1.90. The lowest BCUT2D eigenvalue weighted by Gasteiger charge is -2.18. The molecule has 3 rings (SSSR count). The predicted molar refractivity (Wildman–Crippen MR) is 116 cm³/mol. The molecule has 8 heteroatoms. The van der Waals surface area contributed by atoms with Gasteiger partial charge in [-0.1, -0.05) is 60.3 Å². The van der Waals surface area contributed by atoms with Crippen molar-refractivity contribution in [3.63, 3.8) is 0 Å². The van der Waals surface area contributed by atoms with Gasteiger partial charge in [0.1, 0.15) is 0 Å². The lowest BCUT2D eigenvalue weighted by molar-refractivity contribution is 0.0937. The first-order valence-corrected chi connectivity index (χ1v) is 10.9. The Labute approximate surface area is 177 Å². The largest absolute Gasteiger partial charge is 0.341 e. The van der Waals surface area contributed by atoms with Gasteiger partial charge < -0.3 is 9.88 Å². The summed E-state index contributed by atoms with van der Waals surface area (Å²) in [5, 5.41) is 15.0. The minimum atomic E-state index is -0.303. The highest BCUT2D eigenvalue weighted by Crippen LogP contribution is 2.25. The lowest BCUT2D eigenvalue weighted by atomic mass is 10.0. The van der Waals surface area contributed by atoms with Crippen molar-refractivity contribution in [1.82, 2.24) is 20.1 Å². The van der Waals surface area contributed by atoms with E-state index in [-0.39, 0.29) is 11.9 Å². The zero-order valence-electron chi connectivity index (χ0n) is 15.7. The summed E-state index contributed by atoms with van der Waals surface area (Å²) >= 11 is 8.77. The van der Waals surface area contributed by atoms with Crippen LogP contribution in [0.4, 0.5) is 0 Å². The maximum Gasteiger partial charge on any atom is 0.262 e. The molecule has 0 aliphatic rings. The molecule has 0 fully saturated rings. The van der Waals surface area contributed by atoms with E-state index in [0.717, 1.165) is 16.3 Å². The van der Waals surface area contributed by atoms with Crippen molar-refractivity contribution >= 4 is 40.6 Å². The number of carbonyl (C=O) groups is 1. The maximum atomic E-state index is 12.8.